The Morgan fingerprint density at radius 3 is 2.42 bits per heavy atom. The second-order valence-electron chi connectivity index (χ2n) is 4.67. The van der Waals surface area contributed by atoms with Gasteiger partial charge >= 0.3 is 0 Å². The van der Waals surface area contributed by atoms with E-state index in [1.54, 1.807) is 12.1 Å². The van der Waals surface area contributed by atoms with Gasteiger partial charge in [0, 0.05) is 11.9 Å². The van der Waals surface area contributed by atoms with Crippen LogP contribution >= 0.6 is 15.9 Å². The van der Waals surface area contributed by atoms with E-state index >= 15 is 0 Å². The lowest BCUT2D eigenvalue weighted by Crippen LogP contribution is -2.40. The number of β-amino-alcohol motifs (C(OH)–C–C–N with tert-alkyl or cyclic N) is 1. The Morgan fingerprint density at radius 2 is 1.89 bits per heavy atom. The van der Waals surface area contributed by atoms with Gasteiger partial charge in [-0.15, -0.1) is 0 Å². The van der Waals surface area contributed by atoms with Crippen LogP contribution in [-0.4, -0.2) is 53.1 Å². The molecule has 1 saturated heterocycles. The van der Waals surface area contributed by atoms with Gasteiger partial charge in [0.25, 0.3) is 0 Å². The predicted octanol–water partition coefficient (Wildman–Crippen LogP) is 0.485. The molecule has 7 heteroatoms. The standard InChI is InChI=1S/C12H16BrNO4S/c1-8-2-4-9(5-3-8)19(17,18)14-7-11(15)12(16)10(14)6-13/h2-5,10-12,15-16H,6-7H2,1H3. The fraction of sp³-hybridized carbons (Fsp3) is 0.500. The Morgan fingerprint density at radius 1 is 1.32 bits per heavy atom. The van der Waals surface area contributed by atoms with Crippen molar-refractivity contribution in [1.82, 2.24) is 4.31 Å². The first-order valence-electron chi connectivity index (χ1n) is 5.88. The second kappa shape index (κ2) is 5.49. The van der Waals surface area contributed by atoms with Crippen LogP contribution in [-0.2, 0) is 10.0 Å². The number of sulfonamides is 1. The predicted molar refractivity (Wildman–Crippen MR) is 74.7 cm³/mol. The van der Waals surface area contributed by atoms with Gasteiger partial charge in [0.15, 0.2) is 0 Å². The molecule has 0 aromatic heterocycles. The summed E-state index contributed by atoms with van der Waals surface area (Å²) in [7, 11) is -3.70. The summed E-state index contributed by atoms with van der Waals surface area (Å²) in [5, 5.41) is 19.7. The zero-order valence-electron chi connectivity index (χ0n) is 10.4. The summed E-state index contributed by atoms with van der Waals surface area (Å²) in [5.74, 6) is 0. The molecule has 0 saturated carbocycles. The summed E-state index contributed by atoms with van der Waals surface area (Å²) in [5.41, 5.74) is 0.970. The molecule has 0 radical (unpaired) electrons. The molecule has 1 aromatic carbocycles. The van der Waals surface area contributed by atoms with Crippen molar-refractivity contribution in [1.29, 1.82) is 0 Å². The molecule has 2 rings (SSSR count). The van der Waals surface area contributed by atoms with Crippen molar-refractivity contribution in [3.05, 3.63) is 29.8 Å². The summed E-state index contributed by atoms with van der Waals surface area (Å²) in [4.78, 5) is 0.172. The number of hydrogen-bond acceptors (Lipinski definition) is 4. The van der Waals surface area contributed by atoms with Crippen LogP contribution in [0.3, 0.4) is 0 Å². The molecule has 0 amide bonds. The minimum atomic E-state index is -3.70. The molecule has 3 atom stereocenters. The highest BCUT2D eigenvalue weighted by molar-refractivity contribution is 9.09. The van der Waals surface area contributed by atoms with Gasteiger partial charge in [-0.05, 0) is 19.1 Å². The smallest absolute Gasteiger partial charge is 0.243 e. The van der Waals surface area contributed by atoms with Gasteiger partial charge in [0.1, 0.15) is 0 Å². The van der Waals surface area contributed by atoms with Crippen LogP contribution in [0, 0.1) is 6.92 Å². The maximum atomic E-state index is 12.5. The van der Waals surface area contributed by atoms with Crippen molar-refractivity contribution in [3.8, 4) is 0 Å². The Kier molecular flexibility index (Phi) is 4.32. The zero-order valence-corrected chi connectivity index (χ0v) is 12.8. The summed E-state index contributed by atoms with van der Waals surface area (Å²) in [6, 6.07) is 5.86. The van der Waals surface area contributed by atoms with Crippen LogP contribution in [0.2, 0.25) is 0 Å². The van der Waals surface area contributed by atoms with Crippen LogP contribution in [0.1, 0.15) is 5.56 Å². The maximum Gasteiger partial charge on any atom is 0.243 e. The monoisotopic (exact) mass is 349 g/mol. The van der Waals surface area contributed by atoms with Crippen LogP contribution in [0.25, 0.3) is 0 Å². The fourth-order valence-corrected chi connectivity index (χ4v) is 4.72. The third-order valence-electron chi connectivity index (χ3n) is 3.31. The van der Waals surface area contributed by atoms with Crippen LogP contribution in [0.15, 0.2) is 29.2 Å². The number of aryl methyl sites for hydroxylation is 1. The Bertz CT molecular complexity index is 545. The quantitative estimate of drug-likeness (QED) is 0.778. The number of aliphatic hydroxyl groups excluding tert-OH is 2. The molecule has 3 unspecified atom stereocenters. The Balaban J connectivity index is 2.37. The van der Waals surface area contributed by atoms with Crippen molar-refractivity contribution >= 4 is 26.0 Å². The molecule has 19 heavy (non-hydrogen) atoms. The average Bonchev–Trinajstić information content (AvgIpc) is 2.66. The van der Waals surface area contributed by atoms with E-state index < -0.39 is 28.3 Å². The fourth-order valence-electron chi connectivity index (χ4n) is 2.14. The van der Waals surface area contributed by atoms with Gasteiger partial charge in [-0.1, -0.05) is 33.6 Å². The first-order valence-corrected chi connectivity index (χ1v) is 8.44. The number of benzene rings is 1. The first kappa shape index (κ1) is 14.9. The average molecular weight is 350 g/mol. The third kappa shape index (κ3) is 2.71. The van der Waals surface area contributed by atoms with Crippen LogP contribution in [0.5, 0.6) is 0 Å². The number of alkyl halides is 1. The van der Waals surface area contributed by atoms with Crippen molar-refractivity contribution < 1.29 is 18.6 Å². The molecule has 0 aliphatic carbocycles. The summed E-state index contributed by atoms with van der Waals surface area (Å²) in [6.07, 6.45) is -2.12. The molecule has 1 heterocycles. The maximum absolute atomic E-state index is 12.5. The molecule has 2 N–H and O–H groups in total. The van der Waals surface area contributed by atoms with Crippen molar-refractivity contribution in [2.45, 2.75) is 30.1 Å². The molecule has 0 spiro atoms. The highest BCUT2D eigenvalue weighted by Crippen LogP contribution is 2.27. The van der Waals surface area contributed by atoms with E-state index in [4.69, 9.17) is 0 Å². The summed E-state index contributed by atoms with van der Waals surface area (Å²) >= 11 is 3.18. The van der Waals surface area contributed by atoms with E-state index in [9.17, 15) is 18.6 Å². The molecule has 5 nitrogen and oxygen atoms in total. The SMILES string of the molecule is Cc1ccc(S(=O)(=O)N2CC(O)C(O)C2CBr)cc1. The Labute approximate surface area is 121 Å². The van der Waals surface area contributed by atoms with E-state index in [-0.39, 0.29) is 16.8 Å². The minimum Gasteiger partial charge on any atom is -0.389 e. The zero-order chi connectivity index (χ0) is 14.2. The van der Waals surface area contributed by atoms with Crippen molar-refractivity contribution in [2.75, 3.05) is 11.9 Å². The number of hydrogen-bond donors (Lipinski definition) is 2. The van der Waals surface area contributed by atoms with E-state index in [1.165, 1.54) is 12.1 Å². The summed E-state index contributed by atoms with van der Waals surface area (Å²) in [6.45, 7) is 1.79. The second-order valence-corrected chi connectivity index (χ2v) is 7.21. The molecule has 1 aliphatic heterocycles. The molecule has 0 bridgehead atoms. The minimum absolute atomic E-state index is 0.0896. The molecule has 1 aliphatic rings. The number of nitrogens with zero attached hydrogens (tertiary/aromatic N) is 1. The lowest BCUT2D eigenvalue weighted by atomic mass is 10.2. The van der Waals surface area contributed by atoms with Gasteiger partial charge in [-0.3, -0.25) is 0 Å². The van der Waals surface area contributed by atoms with Gasteiger partial charge in [0.2, 0.25) is 10.0 Å². The molecule has 106 valence electrons. The van der Waals surface area contributed by atoms with Gasteiger partial charge in [-0.2, -0.15) is 4.31 Å². The normalized spacial score (nSPS) is 28.7. The highest BCUT2D eigenvalue weighted by atomic mass is 79.9. The van der Waals surface area contributed by atoms with Crippen molar-refractivity contribution in [3.63, 3.8) is 0 Å². The number of rotatable bonds is 3. The molecular weight excluding hydrogens is 334 g/mol. The molecule has 1 fully saturated rings. The highest BCUT2D eigenvalue weighted by Gasteiger charge is 2.45. The first-order chi connectivity index (χ1) is 8.87. The molecular formula is C12H16BrNO4S. The summed E-state index contributed by atoms with van der Waals surface area (Å²) < 4.78 is 26.1. The van der Waals surface area contributed by atoms with E-state index in [2.05, 4.69) is 15.9 Å². The van der Waals surface area contributed by atoms with Crippen molar-refractivity contribution in [2.24, 2.45) is 0 Å². The lowest BCUT2D eigenvalue weighted by molar-refractivity contribution is 0.0437. The van der Waals surface area contributed by atoms with Crippen LogP contribution in [0.4, 0.5) is 0 Å². The third-order valence-corrected chi connectivity index (χ3v) is 5.88. The number of aliphatic hydroxyl groups is 2. The largest absolute Gasteiger partial charge is 0.389 e. The van der Waals surface area contributed by atoms with E-state index in [0.29, 0.717) is 0 Å². The van der Waals surface area contributed by atoms with E-state index in [0.717, 1.165) is 9.87 Å². The topological polar surface area (TPSA) is 77.8 Å². The van der Waals surface area contributed by atoms with E-state index in [1.807, 2.05) is 6.92 Å². The van der Waals surface area contributed by atoms with Crippen LogP contribution < -0.4 is 0 Å². The van der Waals surface area contributed by atoms with Gasteiger partial charge in [0.05, 0.1) is 23.1 Å². The number of halogens is 1. The Hall–Kier alpha value is -0.470. The van der Waals surface area contributed by atoms with Gasteiger partial charge in [-0.25, -0.2) is 8.42 Å². The van der Waals surface area contributed by atoms with Gasteiger partial charge < -0.3 is 10.2 Å². The molecule has 1 aromatic rings. The lowest BCUT2D eigenvalue weighted by Gasteiger charge is -2.23.